The van der Waals surface area contributed by atoms with Crippen LogP contribution in [-0.2, 0) is 9.59 Å². The van der Waals surface area contributed by atoms with E-state index in [-0.39, 0.29) is 29.1 Å². The molecule has 0 spiro atoms. The number of ketones is 1. The summed E-state index contributed by atoms with van der Waals surface area (Å²) in [5.74, 6) is 0.278. The molecule has 0 saturated heterocycles. The van der Waals surface area contributed by atoms with Crippen LogP contribution < -0.4 is 5.32 Å². The Balaban J connectivity index is 2.50. The number of hydrogen-bond donors (Lipinski definition) is 1. The fourth-order valence-electron chi connectivity index (χ4n) is 1.87. The van der Waals surface area contributed by atoms with Crippen LogP contribution in [0.15, 0.2) is 0 Å². The van der Waals surface area contributed by atoms with Gasteiger partial charge in [0.1, 0.15) is 0 Å². The van der Waals surface area contributed by atoms with Crippen LogP contribution in [-0.4, -0.2) is 17.7 Å². The molecule has 92 valence electrons. The molecule has 1 rings (SSSR count). The number of amides is 1. The zero-order valence-electron chi connectivity index (χ0n) is 10.8. The van der Waals surface area contributed by atoms with Crippen molar-refractivity contribution in [3.63, 3.8) is 0 Å². The van der Waals surface area contributed by atoms with Crippen molar-refractivity contribution in [1.29, 1.82) is 0 Å². The van der Waals surface area contributed by atoms with Crippen LogP contribution in [0, 0.1) is 11.3 Å². The van der Waals surface area contributed by atoms with Gasteiger partial charge in [0.2, 0.25) is 5.91 Å². The molecule has 1 atom stereocenters. The molecule has 0 aromatic heterocycles. The lowest BCUT2D eigenvalue weighted by Crippen LogP contribution is -2.46. The Kier molecular flexibility index (Phi) is 4.11. The van der Waals surface area contributed by atoms with E-state index in [1.54, 1.807) is 6.92 Å². The van der Waals surface area contributed by atoms with E-state index in [1.165, 1.54) is 0 Å². The number of carbonyl (C=O) groups excluding carboxylic acids is 2. The molecular weight excluding hydrogens is 202 g/mol. The summed E-state index contributed by atoms with van der Waals surface area (Å²) >= 11 is 0. The van der Waals surface area contributed by atoms with Crippen LogP contribution >= 0.6 is 0 Å². The molecule has 1 amide bonds. The Morgan fingerprint density at radius 1 is 1.31 bits per heavy atom. The van der Waals surface area contributed by atoms with E-state index < -0.39 is 0 Å². The SMILES string of the molecule is CC(=O)C(CC(C)(C)C)NC(=O)C1CCC1. The minimum Gasteiger partial charge on any atom is -0.346 e. The first-order chi connectivity index (χ1) is 7.29. The van der Waals surface area contributed by atoms with Crippen molar-refractivity contribution in [2.75, 3.05) is 0 Å². The third-order valence-corrected chi connectivity index (χ3v) is 3.10. The lowest BCUT2D eigenvalue weighted by molar-refractivity contribution is -0.131. The Morgan fingerprint density at radius 2 is 1.88 bits per heavy atom. The second-order valence-corrected chi connectivity index (χ2v) is 6.06. The highest BCUT2D eigenvalue weighted by atomic mass is 16.2. The van der Waals surface area contributed by atoms with Crippen LogP contribution in [0.5, 0.6) is 0 Å². The first kappa shape index (κ1) is 13.2. The Labute approximate surface area is 98.0 Å². The van der Waals surface area contributed by atoms with E-state index >= 15 is 0 Å². The molecular formula is C13H23NO2. The summed E-state index contributed by atoms with van der Waals surface area (Å²) in [6, 6.07) is -0.312. The summed E-state index contributed by atoms with van der Waals surface area (Å²) in [7, 11) is 0. The van der Waals surface area contributed by atoms with Crippen molar-refractivity contribution in [2.45, 2.75) is 59.4 Å². The number of carbonyl (C=O) groups is 2. The van der Waals surface area contributed by atoms with Gasteiger partial charge in [-0.1, -0.05) is 27.2 Å². The minimum absolute atomic E-state index is 0.0580. The molecule has 1 N–H and O–H groups in total. The van der Waals surface area contributed by atoms with Gasteiger partial charge in [-0.3, -0.25) is 9.59 Å². The normalized spacial score (nSPS) is 18.8. The average molecular weight is 225 g/mol. The highest BCUT2D eigenvalue weighted by Gasteiger charge is 2.29. The smallest absolute Gasteiger partial charge is 0.223 e. The van der Waals surface area contributed by atoms with Crippen LogP contribution in [0.3, 0.4) is 0 Å². The van der Waals surface area contributed by atoms with Crippen LogP contribution in [0.1, 0.15) is 53.4 Å². The lowest BCUT2D eigenvalue weighted by atomic mass is 9.83. The van der Waals surface area contributed by atoms with Gasteiger partial charge in [0.05, 0.1) is 6.04 Å². The predicted molar refractivity (Wildman–Crippen MR) is 64.0 cm³/mol. The second kappa shape index (κ2) is 4.98. The fourth-order valence-corrected chi connectivity index (χ4v) is 1.87. The number of Topliss-reactive ketones (excluding diaryl/α,β-unsaturated/α-hetero) is 1. The summed E-state index contributed by atoms with van der Waals surface area (Å²) in [4.78, 5) is 23.2. The molecule has 1 unspecified atom stereocenters. The van der Waals surface area contributed by atoms with Gasteiger partial charge >= 0.3 is 0 Å². The van der Waals surface area contributed by atoms with Crippen molar-refractivity contribution >= 4 is 11.7 Å². The molecule has 0 heterocycles. The summed E-state index contributed by atoms with van der Waals surface area (Å²) in [5, 5.41) is 2.89. The molecule has 1 fully saturated rings. The summed E-state index contributed by atoms with van der Waals surface area (Å²) in [6.07, 6.45) is 3.81. The standard InChI is InChI=1S/C13H23NO2/c1-9(15)11(8-13(2,3)4)14-12(16)10-6-5-7-10/h10-11H,5-8H2,1-4H3,(H,14,16). The van der Waals surface area contributed by atoms with Gasteiger partial charge in [-0.05, 0) is 31.6 Å². The van der Waals surface area contributed by atoms with E-state index in [2.05, 4.69) is 26.1 Å². The molecule has 1 aliphatic carbocycles. The minimum atomic E-state index is -0.312. The van der Waals surface area contributed by atoms with Crippen molar-refractivity contribution < 1.29 is 9.59 Å². The maximum atomic E-state index is 11.8. The average Bonchev–Trinajstić information content (AvgIpc) is 1.96. The number of nitrogens with one attached hydrogen (secondary N) is 1. The van der Waals surface area contributed by atoms with Gasteiger partial charge < -0.3 is 5.32 Å². The van der Waals surface area contributed by atoms with E-state index in [4.69, 9.17) is 0 Å². The van der Waals surface area contributed by atoms with E-state index in [1.807, 2.05) is 0 Å². The topological polar surface area (TPSA) is 46.2 Å². The molecule has 0 aliphatic heterocycles. The molecule has 0 aromatic carbocycles. The summed E-state index contributed by atoms with van der Waals surface area (Å²) in [5.41, 5.74) is 0.0588. The van der Waals surface area contributed by atoms with Gasteiger partial charge in [0.15, 0.2) is 5.78 Å². The maximum Gasteiger partial charge on any atom is 0.223 e. The third kappa shape index (κ3) is 3.95. The van der Waals surface area contributed by atoms with Crippen LogP contribution in [0.25, 0.3) is 0 Å². The highest BCUT2D eigenvalue weighted by molar-refractivity contribution is 5.88. The van der Waals surface area contributed by atoms with Gasteiger partial charge in [-0.2, -0.15) is 0 Å². The Hall–Kier alpha value is -0.860. The molecule has 3 heteroatoms. The van der Waals surface area contributed by atoms with Gasteiger partial charge in [-0.25, -0.2) is 0 Å². The lowest BCUT2D eigenvalue weighted by Gasteiger charge is -2.29. The molecule has 1 saturated carbocycles. The van der Waals surface area contributed by atoms with Crippen LogP contribution in [0.4, 0.5) is 0 Å². The first-order valence-corrected chi connectivity index (χ1v) is 6.10. The Bertz CT molecular complexity index is 274. The van der Waals surface area contributed by atoms with Crippen molar-refractivity contribution in [3.8, 4) is 0 Å². The summed E-state index contributed by atoms with van der Waals surface area (Å²) in [6.45, 7) is 7.80. The van der Waals surface area contributed by atoms with E-state index in [0.717, 1.165) is 19.3 Å². The first-order valence-electron chi connectivity index (χ1n) is 6.10. The fraction of sp³-hybridized carbons (Fsp3) is 0.846. The second-order valence-electron chi connectivity index (χ2n) is 6.06. The zero-order valence-corrected chi connectivity index (χ0v) is 10.8. The van der Waals surface area contributed by atoms with Gasteiger partial charge in [-0.15, -0.1) is 0 Å². The molecule has 0 radical (unpaired) electrons. The van der Waals surface area contributed by atoms with Crippen molar-refractivity contribution in [1.82, 2.24) is 5.32 Å². The highest BCUT2D eigenvalue weighted by Crippen LogP contribution is 2.27. The van der Waals surface area contributed by atoms with Crippen molar-refractivity contribution in [2.24, 2.45) is 11.3 Å². The predicted octanol–water partition coefficient (Wildman–Crippen LogP) is 2.30. The maximum absolute atomic E-state index is 11.8. The van der Waals surface area contributed by atoms with E-state index in [9.17, 15) is 9.59 Å². The monoisotopic (exact) mass is 225 g/mol. The molecule has 3 nitrogen and oxygen atoms in total. The molecule has 16 heavy (non-hydrogen) atoms. The van der Waals surface area contributed by atoms with Crippen LogP contribution in [0.2, 0.25) is 0 Å². The summed E-state index contributed by atoms with van der Waals surface area (Å²) < 4.78 is 0. The molecule has 0 aromatic rings. The van der Waals surface area contributed by atoms with Gasteiger partial charge in [0, 0.05) is 5.92 Å². The largest absolute Gasteiger partial charge is 0.346 e. The zero-order chi connectivity index (χ0) is 12.3. The number of hydrogen-bond acceptors (Lipinski definition) is 2. The van der Waals surface area contributed by atoms with Crippen molar-refractivity contribution in [3.05, 3.63) is 0 Å². The Morgan fingerprint density at radius 3 is 2.19 bits per heavy atom. The molecule has 1 aliphatic rings. The molecule has 0 bridgehead atoms. The quantitative estimate of drug-likeness (QED) is 0.798. The third-order valence-electron chi connectivity index (χ3n) is 3.10. The van der Waals surface area contributed by atoms with E-state index in [0.29, 0.717) is 6.42 Å². The number of rotatable bonds is 4. The van der Waals surface area contributed by atoms with Gasteiger partial charge in [0.25, 0.3) is 0 Å².